The molecule has 0 aliphatic carbocycles. The first-order chi connectivity index (χ1) is 11.4. The van der Waals surface area contributed by atoms with E-state index in [4.69, 9.17) is 4.74 Å². The number of carbonyl (C=O) groups is 1. The second-order valence-corrected chi connectivity index (χ2v) is 8.51. The molecule has 2 rings (SSSR count). The molecule has 0 amide bonds. The van der Waals surface area contributed by atoms with E-state index in [9.17, 15) is 9.90 Å². The summed E-state index contributed by atoms with van der Waals surface area (Å²) in [6.07, 6.45) is 0. The molecular weight excluding hydrogens is 312 g/mol. The van der Waals surface area contributed by atoms with Crippen molar-refractivity contribution in [3.63, 3.8) is 0 Å². The largest absolute Gasteiger partial charge is 0.507 e. The Morgan fingerprint density at radius 3 is 1.84 bits per heavy atom. The number of phenols is 1. The van der Waals surface area contributed by atoms with Crippen LogP contribution in [-0.2, 0) is 15.6 Å². The van der Waals surface area contributed by atoms with E-state index in [0.717, 1.165) is 22.3 Å². The van der Waals surface area contributed by atoms with Crippen molar-refractivity contribution < 1.29 is 14.6 Å². The molecule has 0 fully saturated rings. The van der Waals surface area contributed by atoms with E-state index in [-0.39, 0.29) is 16.8 Å². The average Bonchev–Trinajstić information content (AvgIpc) is 2.45. The first-order valence-electron chi connectivity index (χ1n) is 8.57. The molecule has 2 aromatic rings. The number of carbonyl (C=O) groups excluding carboxylic acids is 1. The molecule has 0 radical (unpaired) electrons. The SMILES string of the molecule is CC(=O)Oc1ccccc1-c1cc(C(C)(C)C)c(O)c(C(C)(C)C)c1. The topological polar surface area (TPSA) is 46.5 Å². The van der Waals surface area contributed by atoms with Crippen LogP contribution in [0.4, 0.5) is 0 Å². The zero-order valence-corrected chi connectivity index (χ0v) is 16.2. The lowest BCUT2D eigenvalue weighted by molar-refractivity contribution is -0.131. The van der Waals surface area contributed by atoms with Crippen LogP contribution in [0.1, 0.15) is 59.6 Å². The van der Waals surface area contributed by atoms with Gasteiger partial charge in [-0.25, -0.2) is 0 Å². The lowest BCUT2D eigenvalue weighted by atomic mass is 9.77. The molecular formula is C22H28O3. The molecule has 25 heavy (non-hydrogen) atoms. The Bertz CT molecular complexity index is 755. The van der Waals surface area contributed by atoms with E-state index >= 15 is 0 Å². The first-order valence-corrected chi connectivity index (χ1v) is 8.57. The second-order valence-electron chi connectivity index (χ2n) is 8.51. The Balaban J connectivity index is 2.78. The Labute approximate surface area is 150 Å². The average molecular weight is 340 g/mol. The predicted molar refractivity (Wildman–Crippen MR) is 102 cm³/mol. The van der Waals surface area contributed by atoms with E-state index in [0.29, 0.717) is 11.5 Å². The molecule has 3 nitrogen and oxygen atoms in total. The van der Waals surface area contributed by atoms with Gasteiger partial charge < -0.3 is 9.84 Å². The van der Waals surface area contributed by atoms with Crippen LogP contribution in [0.25, 0.3) is 11.1 Å². The van der Waals surface area contributed by atoms with Crippen molar-refractivity contribution in [3.8, 4) is 22.6 Å². The van der Waals surface area contributed by atoms with Crippen molar-refractivity contribution in [1.29, 1.82) is 0 Å². The third-order valence-electron chi connectivity index (χ3n) is 4.18. The standard InChI is InChI=1S/C22H28O3/c1-14(23)25-19-11-9-8-10-16(19)15-12-17(21(2,3)4)20(24)18(13-15)22(5,6)7/h8-13,24H,1-7H3. The summed E-state index contributed by atoms with van der Waals surface area (Å²) in [6, 6.07) is 11.5. The molecule has 0 heterocycles. The van der Waals surface area contributed by atoms with Gasteiger partial charge in [0.05, 0.1) is 0 Å². The van der Waals surface area contributed by atoms with Crippen LogP contribution >= 0.6 is 0 Å². The van der Waals surface area contributed by atoms with Gasteiger partial charge >= 0.3 is 5.97 Å². The third kappa shape index (κ3) is 4.22. The van der Waals surface area contributed by atoms with Gasteiger partial charge in [0.15, 0.2) is 0 Å². The molecule has 0 aliphatic heterocycles. The van der Waals surface area contributed by atoms with Crippen LogP contribution in [0.3, 0.4) is 0 Å². The summed E-state index contributed by atoms with van der Waals surface area (Å²) in [6.45, 7) is 13.9. The predicted octanol–water partition coefficient (Wildman–Crippen LogP) is 5.58. The number of aromatic hydroxyl groups is 1. The summed E-state index contributed by atoms with van der Waals surface area (Å²) in [7, 11) is 0. The van der Waals surface area contributed by atoms with Gasteiger partial charge in [0.25, 0.3) is 0 Å². The summed E-state index contributed by atoms with van der Waals surface area (Å²) in [5.41, 5.74) is 3.12. The zero-order chi connectivity index (χ0) is 19.0. The molecule has 0 aliphatic rings. The number of ether oxygens (including phenoxy) is 1. The fourth-order valence-electron chi connectivity index (χ4n) is 2.88. The molecule has 0 aromatic heterocycles. The molecule has 0 unspecified atom stereocenters. The highest BCUT2D eigenvalue weighted by atomic mass is 16.5. The zero-order valence-electron chi connectivity index (χ0n) is 16.2. The minimum atomic E-state index is -0.349. The summed E-state index contributed by atoms with van der Waals surface area (Å²) in [5, 5.41) is 10.9. The van der Waals surface area contributed by atoms with Gasteiger partial charge in [0, 0.05) is 23.6 Å². The molecule has 3 heteroatoms. The lowest BCUT2D eigenvalue weighted by Crippen LogP contribution is -2.17. The number of rotatable bonds is 2. The van der Waals surface area contributed by atoms with Gasteiger partial charge in [0.1, 0.15) is 11.5 Å². The fourth-order valence-corrected chi connectivity index (χ4v) is 2.88. The van der Waals surface area contributed by atoms with Gasteiger partial charge in [-0.3, -0.25) is 4.79 Å². The smallest absolute Gasteiger partial charge is 0.308 e. The monoisotopic (exact) mass is 340 g/mol. The van der Waals surface area contributed by atoms with Gasteiger partial charge in [-0.1, -0.05) is 59.7 Å². The van der Waals surface area contributed by atoms with Crippen molar-refractivity contribution in [3.05, 3.63) is 47.5 Å². The summed E-state index contributed by atoms with van der Waals surface area (Å²) >= 11 is 0. The number of benzene rings is 2. The van der Waals surface area contributed by atoms with Crippen LogP contribution in [0.2, 0.25) is 0 Å². The Hall–Kier alpha value is -2.29. The maximum absolute atomic E-state index is 11.4. The Morgan fingerprint density at radius 2 is 1.40 bits per heavy atom. The molecule has 134 valence electrons. The second kappa shape index (κ2) is 6.55. The van der Waals surface area contributed by atoms with E-state index in [1.54, 1.807) is 6.07 Å². The highest BCUT2D eigenvalue weighted by Gasteiger charge is 2.27. The highest BCUT2D eigenvalue weighted by Crippen LogP contribution is 2.43. The molecule has 1 N–H and O–H groups in total. The minimum Gasteiger partial charge on any atom is -0.507 e. The van der Waals surface area contributed by atoms with Crippen LogP contribution in [0.5, 0.6) is 11.5 Å². The van der Waals surface area contributed by atoms with E-state index < -0.39 is 0 Å². The fraction of sp³-hybridized carbons (Fsp3) is 0.409. The van der Waals surface area contributed by atoms with Gasteiger partial charge in [-0.15, -0.1) is 0 Å². The van der Waals surface area contributed by atoms with Crippen molar-refractivity contribution in [1.82, 2.24) is 0 Å². The molecule has 0 saturated heterocycles. The maximum atomic E-state index is 11.4. The van der Waals surface area contributed by atoms with Crippen molar-refractivity contribution >= 4 is 5.97 Å². The van der Waals surface area contributed by atoms with Crippen molar-refractivity contribution in [2.75, 3.05) is 0 Å². The van der Waals surface area contributed by atoms with Crippen LogP contribution in [0, 0.1) is 0 Å². The number of phenolic OH excluding ortho intramolecular Hbond substituents is 1. The lowest BCUT2D eigenvalue weighted by Gasteiger charge is -2.28. The van der Waals surface area contributed by atoms with Gasteiger partial charge in [-0.05, 0) is 34.6 Å². The van der Waals surface area contributed by atoms with Crippen LogP contribution in [-0.4, -0.2) is 11.1 Å². The van der Waals surface area contributed by atoms with Crippen LogP contribution < -0.4 is 4.74 Å². The summed E-state index contributed by atoms with van der Waals surface area (Å²) in [4.78, 5) is 11.4. The summed E-state index contributed by atoms with van der Waals surface area (Å²) < 4.78 is 5.38. The molecule has 2 aromatic carbocycles. The van der Waals surface area contributed by atoms with Gasteiger partial charge in [-0.2, -0.15) is 0 Å². The molecule has 0 bridgehead atoms. The molecule has 0 saturated carbocycles. The Morgan fingerprint density at radius 1 is 0.920 bits per heavy atom. The number of hydrogen-bond donors (Lipinski definition) is 1. The minimum absolute atomic E-state index is 0.212. The Kier molecular flexibility index (Phi) is 4.99. The van der Waals surface area contributed by atoms with E-state index in [1.165, 1.54) is 6.92 Å². The summed E-state index contributed by atoms with van der Waals surface area (Å²) in [5.74, 6) is 0.521. The number of para-hydroxylation sites is 1. The van der Waals surface area contributed by atoms with Crippen molar-refractivity contribution in [2.24, 2.45) is 0 Å². The van der Waals surface area contributed by atoms with Crippen molar-refractivity contribution in [2.45, 2.75) is 59.3 Å². The normalized spacial score (nSPS) is 12.1. The van der Waals surface area contributed by atoms with Gasteiger partial charge in [0.2, 0.25) is 0 Å². The molecule has 0 atom stereocenters. The van der Waals surface area contributed by atoms with E-state index in [2.05, 4.69) is 41.5 Å². The highest BCUT2D eigenvalue weighted by molar-refractivity contribution is 5.78. The maximum Gasteiger partial charge on any atom is 0.308 e. The van der Waals surface area contributed by atoms with E-state index in [1.807, 2.05) is 30.3 Å². The first kappa shape index (κ1) is 19.0. The number of hydrogen-bond acceptors (Lipinski definition) is 3. The molecule has 0 spiro atoms. The third-order valence-corrected chi connectivity index (χ3v) is 4.18. The van der Waals surface area contributed by atoms with Crippen LogP contribution in [0.15, 0.2) is 36.4 Å². The number of esters is 1. The quantitative estimate of drug-likeness (QED) is 0.573.